The lowest BCUT2D eigenvalue weighted by atomic mass is 10.1. The van der Waals surface area contributed by atoms with Crippen molar-refractivity contribution in [3.63, 3.8) is 0 Å². The summed E-state index contributed by atoms with van der Waals surface area (Å²) < 4.78 is 13.9. The first kappa shape index (κ1) is 21.6. The third kappa shape index (κ3) is 3.54. The molecule has 0 aliphatic heterocycles. The number of rotatable bonds is 4. The van der Waals surface area contributed by atoms with Gasteiger partial charge in [-0.3, -0.25) is 0 Å². The standard InChI is InChI=1S/C33H20N4O2/c1-3-13-29-24(9-1)25-16-15-22(32-36-27-10-2-4-14-31(27)39-32)20-30(25)37(29)23-8-5-7-21(19-23)26-11-6-12-28(35-26)33-34-17-18-38-33/h1-20H. The van der Waals surface area contributed by atoms with Gasteiger partial charge in [-0.05, 0) is 54.6 Å². The summed E-state index contributed by atoms with van der Waals surface area (Å²) in [6, 6.07) is 37.0. The van der Waals surface area contributed by atoms with Crippen LogP contribution in [-0.2, 0) is 0 Å². The van der Waals surface area contributed by atoms with Gasteiger partial charge < -0.3 is 13.4 Å². The number of hydrogen-bond donors (Lipinski definition) is 0. The summed E-state index contributed by atoms with van der Waals surface area (Å²) in [5.41, 5.74) is 8.34. The molecule has 0 atom stereocenters. The summed E-state index contributed by atoms with van der Waals surface area (Å²) in [4.78, 5) is 13.8. The van der Waals surface area contributed by atoms with Crippen LogP contribution in [0, 0.1) is 0 Å². The number of aromatic nitrogens is 4. The van der Waals surface area contributed by atoms with E-state index in [0.29, 0.717) is 17.5 Å². The Kier molecular flexibility index (Phi) is 4.72. The summed E-state index contributed by atoms with van der Waals surface area (Å²) in [7, 11) is 0. The van der Waals surface area contributed by atoms with Gasteiger partial charge in [0.15, 0.2) is 5.58 Å². The molecule has 0 spiro atoms. The first-order valence-electron chi connectivity index (χ1n) is 12.7. The first-order chi connectivity index (χ1) is 19.3. The summed E-state index contributed by atoms with van der Waals surface area (Å²) in [5, 5.41) is 2.35. The molecule has 8 rings (SSSR count). The number of fused-ring (bicyclic) bond motifs is 4. The Labute approximate surface area is 222 Å². The van der Waals surface area contributed by atoms with Gasteiger partial charge in [-0.15, -0.1) is 0 Å². The van der Waals surface area contributed by atoms with Crippen LogP contribution in [0.3, 0.4) is 0 Å². The first-order valence-corrected chi connectivity index (χ1v) is 12.7. The highest BCUT2D eigenvalue weighted by Crippen LogP contribution is 2.36. The van der Waals surface area contributed by atoms with E-state index in [4.69, 9.17) is 18.8 Å². The third-order valence-electron chi connectivity index (χ3n) is 7.02. The Morgan fingerprint density at radius 1 is 0.590 bits per heavy atom. The molecule has 0 N–H and O–H groups in total. The molecule has 8 aromatic rings. The van der Waals surface area contributed by atoms with Crippen LogP contribution in [-0.4, -0.2) is 19.5 Å². The molecule has 0 radical (unpaired) electrons. The van der Waals surface area contributed by atoms with Gasteiger partial charge in [0.1, 0.15) is 17.5 Å². The topological polar surface area (TPSA) is 69.9 Å². The van der Waals surface area contributed by atoms with Crippen LogP contribution in [0.2, 0.25) is 0 Å². The maximum absolute atomic E-state index is 6.10. The minimum absolute atomic E-state index is 0.502. The zero-order chi connectivity index (χ0) is 25.8. The van der Waals surface area contributed by atoms with Crippen molar-refractivity contribution in [3.8, 4) is 40.0 Å². The van der Waals surface area contributed by atoms with Crippen LogP contribution in [0.25, 0.3) is 72.9 Å². The average Bonchev–Trinajstić information content (AvgIpc) is 3.75. The molecule has 0 saturated heterocycles. The number of benzene rings is 4. The highest BCUT2D eigenvalue weighted by Gasteiger charge is 2.16. The van der Waals surface area contributed by atoms with E-state index in [-0.39, 0.29) is 0 Å². The molecule has 6 heteroatoms. The largest absolute Gasteiger partial charge is 0.443 e. The van der Waals surface area contributed by atoms with Crippen LogP contribution in [0.5, 0.6) is 0 Å². The number of nitrogens with zero attached hydrogens (tertiary/aromatic N) is 4. The molecule has 4 aromatic carbocycles. The van der Waals surface area contributed by atoms with E-state index in [9.17, 15) is 0 Å². The predicted molar refractivity (Wildman–Crippen MR) is 153 cm³/mol. The van der Waals surface area contributed by atoms with E-state index in [0.717, 1.165) is 44.6 Å². The lowest BCUT2D eigenvalue weighted by Gasteiger charge is -2.11. The molecule has 0 fully saturated rings. The maximum atomic E-state index is 6.10. The number of pyridine rings is 1. The molecule has 0 saturated carbocycles. The van der Waals surface area contributed by atoms with Crippen molar-refractivity contribution in [2.45, 2.75) is 0 Å². The maximum Gasteiger partial charge on any atom is 0.245 e. The van der Waals surface area contributed by atoms with E-state index in [2.05, 4.69) is 76.3 Å². The molecule has 184 valence electrons. The minimum Gasteiger partial charge on any atom is -0.443 e. The molecule has 4 heterocycles. The Morgan fingerprint density at radius 2 is 1.44 bits per heavy atom. The quantitative estimate of drug-likeness (QED) is 0.241. The summed E-state index contributed by atoms with van der Waals surface area (Å²) in [6.07, 6.45) is 3.18. The van der Waals surface area contributed by atoms with Gasteiger partial charge in [0, 0.05) is 27.6 Å². The number of oxazole rings is 2. The Balaban J connectivity index is 1.31. The van der Waals surface area contributed by atoms with Crippen molar-refractivity contribution in [2.24, 2.45) is 0 Å². The lowest BCUT2D eigenvalue weighted by molar-refractivity contribution is 0.572. The van der Waals surface area contributed by atoms with Crippen LogP contribution in [0.4, 0.5) is 0 Å². The second-order valence-corrected chi connectivity index (χ2v) is 9.37. The van der Waals surface area contributed by atoms with E-state index >= 15 is 0 Å². The highest BCUT2D eigenvalue weighted by molar-refractivity contribution is 6.10. The van der Waals surface area contributed by atoms with Gasteiger partial charge in [-0.1, -0.05) is 54.6 Å². The van der Waals surface area contributed by atoms with Crippen LogP contribution in [0.15, 0.2) is 130 Å². The fourth-order valence-electron chi connectivity index (χ4n) is 5.25. The monoisotopic (exact) mass is 504 g/mol. The SMILES string of the molecule is c1cc(-c2cccc(-c3ncco3)n2)cc(-n2c3ccccc3c3ccc(-c4nc5ccccc5o4)cc32)c1. The highest BCUT2D eigenvalue weighted by atomic mass is 16.3. The third-order valence-corrected chi connectivity index (χ3v) is 7.02. The second-order valence-electron chi connectivity index (χ2n) is 9.37. The van der Waals surface area contributed by atoms with Crippen molar-refractivity contribution in [2.75, 3.05) is 0 Å². The number of para-hydroxylation sites is 3. The van der Waals surface area contributed by atoms with E-state index in [1.807, 2.05) is 42.5 Å². The summed E-state index contributed by atoms with van der Waals surface area (Å²) >= 11 is 0. The molecular formula is C33H20N4O2. The average molecular weight is 505 g/mol. The van der Waals surface area contributed by atoms with Crippen molar-refractivity contribution >= 4 is 32.9 Å². The van der Waals surface area contributed by atoms with Crippen LogP contribution >= 0.6 is 0 Å². The Bertz CT molecular complexity index is 2100. The molecule has 0 aliphatic carbocycles. The minimum atomic E-state index is 0.502. The predicted octanol–water partition coefficient (Wildman–Crippen LogP) is 8.31. The lowest BCUT2D eigenvalue weighted by Crippen LogP contribution is -1.95. The van der Waals surface area contributed by atoms with Gasteiger partial charge in [0.2, 0.25) is 11.8 Å². The second kappa shape index (κ2) is 8.53. The van der Waals surface area contributed by atoms with E-state index in [1.165, 1.54) is 10.8 Å². The van der Waals surface area contributed by atoms with Gasteiger partial charge in [0.05, 0.1) is 22.9 Å². The molecule has 0 bridgehead atoms. The van der Waals surface area contributed by atoms with Crippen LogP contribution in [0.1, 0.15) is 0 Å². The smallest absolute Gasteiger partial charge is 0.245 e. The van der Waals surface area contributed by atoms with Crippen molar-refractivity contribution in [3.05, 3.63) is 122 Å². The van der Waals surface area contributed by atoms with Gasteiger partial charge in [-0.2, -0.15) is 0 Å². The molecule has 0 aliphatic rings. The van der Waals surface area contributed by atoms with Gasteiger partial charge in [0.25, 0.3) is 0 Å². The Morgan fingerprint density at radius 3 is 2.36 bits per heavy atom. The van der Waals surface area contributed by atoms with E-state index < -0.39 is 0 Å². The van der Waals surface area contributed by atoms with Crippen LogP contribution < -0.4 is 0 Å². The molecule has 4 aromatic heterocycles. The molecule has 6 nitrogen and oxygen atoms in total. The van der Waals surface area contributed by atoms with Gasteiger partial charge >= 0.3 is 0 Å². The molecular weight excluding hydrogens is 484 g/mol. The van der Waals surface area contributed by atoms with Crippen molar-refractivity contribution in [1.29, 1.82) is 0 Å². The molecule has 0 unspecified atom stereocenters. The van der Waals surface area contributed by atoms with E-state index in [1.54, 1.807) is 12.5 Å². The fourth-order valence-corrected chi connectivity index (χ4v) is 5.25. The normalized spacial score (nSPS) is 11.6. The fraction of sp³-hybridized carbons (Fsp3) is 0. The zero-order valence-electron chi connectivity index (χ0n) is 20.7. The summed E-state index contributed by atoms with van der Waals surface area (Å²) in [5.74, 6) is 1.11. The zero-order valence-corrected chi connectivity index (χ0v) is 20.7. The molecule has 39 heavy (non-hydrogen) atoms. The number of hydrogen-bond acceptors (Lipinski definition) is 5. The van der Waals surface area contributed by atoms with Crippen molar-refractivity contribution in [1.82, 2.24) is 19.5 Å². The van der Waals surface area contributed by atoms with Gasteiger partial charge in [-0.25, -0.2) is 15.0 Å². The molecule has 0 amide bonds. The Hall–Kier alpha value is -5.49. The van der Waals surface area contributed by atoms with Crippen molar-refractivity contribution < 1.29 is 8.83 Å². The summed E-state index contributed by atoms with van der Waals surface area (Å²) in [6.45, 7) is 0.